The molecule has 32 heavy (non-hydrogen) atoms. The van der Waals surface area contributed by atoms with Crippen LogP contribution in [-0.2, 0) is 21.0 Å². The van der Waals surface area contributed by atoms with Crippen LogP contribution in [0.25, 0.3) is 0 Å². The van der Waals surface area contributed by atoms with Crippen molar-refractivity contribution in [3.8, 4) is 5.88 Å². The van der Waals surface area contributed by atoms with E-state index in [0.29, 0.717) is 10.6 Å². The summed E-state index contributed by atoms with van der Waals surface area (Å²) in [5.74, 6) is -0.0929. The van der Waals surface area contributed by atoms with E-state index in [1.54, 1.807) is 31.5 Å². The van der Waals surface area contributed by atoms with E-state index in [2.05, 4.69) is 15.5 Å². The topological polar surface area (TPSA) is 82.0 Å². The maximum Gasteiger partial charge on any atom is 0.273 e. The monoisotopic (exact) mass is 453 g/mol. The zero-order valence-electron chi connectivity index (χ0n) is 18.0. The molecule has 1 amide bonds. The highest BCUT2D eigenvalue weighted by molar-refractivity contribution is 6.45. The van der Waals surface area contributed by atoms with Gasteiger partial charge in [-0.25, -0.2) is 4.98 Å². The number of pyridine rings is 1. The van der Waals surface area contributed by atoms with Crippen LogP contribution in [0.5, 0.6) is 5.88 Å². The number of likely N-dealkylation sites (N-methyl/N-ethyl adjacent to an activating group) is 1. The minimum Gasteiger partial charge on any atom is -0.472 e. The van der Waals surface area contributed by atoms with E-state index in [1.165, 1.54) is 14.2 Å². The number of hydrogen-bond donors (Lipinski definition) is 1. The number of benzene rings is 2. The molecule has 0 fully saturated rings. The van der Waals surface area contributed by atoms with Crippen LogP contribution in [0.2, 0.25) is 5.02 Å². The molecule has 3 rings (SSSR count). The second kappa shape index (κ2) is 11.3. The quantitative estimate of drug-likeness (QED) is 0.389. The average molecular weight is 454 g/mol. The molecule has 0 radical (unpaired) electrons. The summed E-state index contributed by atoms with van der Waals surface area (Å²) in [4.78, 5) is 21.4. The van der Waals surface area contributed by atoms with Crippen molar-refractivity contribution in [2.75, 3.05) is 21.3 Å². The number of methoxy groups -OCH3 is 1. The van der Waals surface area contributed by atoms with Crippen LogP contribution < -0.4 is 10.1 Å². The molecule has 1 aromatic heterocycles. The molecule has 0 saturated heterocycles. The van der Waals surface area contributed by atoms with Gasteiger partial charge < -0.3 is 19.6 Å². The summed E-state index contributed by atoms with van der Waals surface area (Å²) in [5, 5.41) is 6.78. The third-order valence-corrected chi connectivity index (χ3v) is 5.00. The molecule has 1 atom stereocenters. The molecule has 8 heteroatoms. The summed E-state index contributed by atoms with van der Waals surface area (Å²) < 4.78 is 11.5. The van der Waals surface area contributed by atoms with Crippen LogP contribution >= 0.6 is 11.6 Å². The lowest BCUT2D eigenvalue weighted by Crippen LogP contribution is -2.29. The summed E-state index contributed by atoms with van der Waals surface area (Å²) >= 11 is 6.46. The summed E-state index contributed by atoms with van der Waals surface area (Å²) in [6.07, 6.45) is 1.38. The van der Waals surface area contributed by atoms with Crippen LogP contribution in [0.4, 0.5) is 0 Å². The van der Waals surface area contributed by atoms with Crippen molar-refractivity contribution in [2.45, 2.75) is 12.7 Å². The lowest BCUT2D eigenvalue weighted by molar-refractivity contribution is -0.114. The van der Waals surface area contributed by atoms with Gasteiger partial charge in [-0.05, 0) is 17.2 Å². The molecule has 0 bridgehead atoms. The molecule has 0 aliphatic rings. The predicted molar refractivity (Wildman–Crippen MR) is 123 cm³/mol. The first-order valence-corrected chi connectivity index (χ1v) is 10.2. The van der Waals surface area contributed by atoms with Gasteiger partial charge in [-0.1, -0.05) is 71.4 Å². The Kier molecular flexibility index (Phi) is 8.19. The minimum atomic E-state index is -0.369. The van der Waals surface area contributed by atoms with Crippen LogP contribution in [0, 0.1) is 0 Å². The zero-order chi connectivity index (χ0) is 22.9. The van der Waals surface area contributed by atoms with E-state index >= 15 is 0 Å². The van der Waals surface area contributed by atoms with Crippen molar-refractivity contribution in [2.24, 2.45) is 5.16 Å². The summed E-state index contributed by atoms with van der Waals surface area (Å²) in [7, 11) is 4.55. The third kappa shape index (κ3) is 5.43. The molecule has 0 spiro atoms. The Labute approximate surface area is 192 Å². The van der Waals surface area contributed by atoms with Crippen LogP contribution in [0.3, 0.4) is 0 Å². The van der Waals surface area contributed by atoms with Gasteiger partial charge in [-0.15, -0.1) is 0 Å². The summed E-state index contributed by atoms with van der Waals surface area (Å²) in [5.41, 5.74) is 3.27. The largest absolute Gasteiger partial charge is 0.472 e. The van der Waals surface area contributed by atoms with Crippen molar-refractivity contribution in [3.05, 3.63) is 94.1 Å². The summed E-state index contributed by atoms with van der Waals surface area (Å²) in [6, 6.07) is 18.8. The number of nitrogens with zero attached hydrogens (tertiary/aromatic N) is 2. The van der Waals surface area contributed by atoms with E-state index < -0.39 is 0 Å². The standard InChI is InChI=1S/C24H24ClN3O4/c1-26-23(29)21(28-31-3)19-12-8-7-11-17(19)15-32-24-20(25)13-18(14-27-24)22(30-2)16-9-5-4-6-10-16/h4-14,22H,15H2,1-3H3,(H,26,29)/b28-21+. The predicted octanol–water partition coefficient (Wildman–Crippen LogP) is 4.15. The first-order chi connectivity index (χ1) is 15.6. The Hall–Kier alpha value is -3.42. The fraction of sp³-hybridized carbons (Fsp3) is 0.208. The van der Waals surface area contributed by atoms with Gasteiger partial charge in [-0.3, -0.25) is 4.79 Å². The Bertz CT molecular complexity index is 1090. The minimum absolute atomic E-state index is 0.133. The van der Waals surface area contributed by atoms with Crippen molar-refractivity contribution >= 4 is 23.2 Å². The van der Waals surface area contributed by atoms with Gasteiger partial charge in [0.05, 0.1) is 0 Å². The number of amides is 1. The lowest BCUT2D eigenvalue weighted by Gasteiger charge is -2.17. The zero-order valence-corrected chi connectivity index (χ0v) is 18.8. The number of nitrogens with one attached hydrogen (secondary N) is 1. The van der Waals surface area contributed by atoms with Crippen molar-refractivity contribution in [1.29, 1.82) is 0 Å². The number of aromatic nitrogens is 1. The van der Waals surface area contributed by atoms with Crippen molar-refractivity contribution in [1.82, 2.24) is 10.3 Å². The van der Waals surface area contributed by atoms with Crippen LogP contribution in [-0.4, -0.2) is 37.9 Å². The second-order valence-electron chi connectivity index (χ2n) is 6.73. The molecule has 166 valence electrons. The molecule has 1 heterocycles. The molecule has 1 unspecified atom stereocenters. The number of ether oxygens (including phenoxy) is 2. The van der Waals surface area contributed by atoms with E-state index in [0.717, 1.165) is 16.7 Å². The number of carbonyl (C=O) groups excluding carboxylic acids is 1. The van der Waals surface area contributed by atoms with Gasteiger partial charge in [0.2, 0.25) is 5.88 Å². The number of hydrogen-bond acceptors (Lipinski definition) is 6. The molecule has 0 aliphatic heterocycles. The van der Waals surface area contributed by atoms with E-state index in [9.17, 15) is 4.79 Å². The van der Waals surface area contributed by atoms with E-state index in [4.69, 9.17) is 25.9 Å². The van der Waals surface area contributed by atoms with Crippen LogP contribution in [0.15, 0.2) is 72.0 Å². The highest BCUT2D eigenvalue weighted by Gasteiger charge is 2.19. The molecule has 3 aromatic rings. The number of halogens is 1. The van der Waals surface area contributed by atoms with Crippen LogP contribution in [0.1, 0.15) is 28.4 Å². The maximum atomic E-state index is 12.2. The Morgan fingerprint density at radius 1 is 1.09 bits per heavy atom. The van der Waals surface area contributed by atoms with Crippen molar-refractivity contribution < 1.29 is 19.1 Å². The Morgan fingerprint density at radius 3 is 2.47 bits per heavy atom. The van der Waals surface area contributed by atoms with Gasteiger partial charge in [0.25, 0.3) is 5.91 Å². The van der Waals surface area contributed by atoms with E-state index in [-0.39, 0.29) is 30.2 Å². The van der Waals surface area contributed by atoms with Crippen molar-refractivity contribution in [3.63, 3.8) is 0 Å². The normalized spacial score (nSPS) is 12.2. The Morgan fingerprint density at radius 2 is 1.81 bits per heavy atom. The van der Waals surface area contributed by atoms with Gasteiger partial charge in [0.1, 0.15) is 24.8 Å². The SMILES string of the molecule is CNC(=O)/C(=N/OC)c1ccccc1COc1ncc(C(OC)c2ccccc2)cc1Cl. The summed E-state index contributed by atoms with van der Waals surface area (Å²) in [6.45, 7) is 0.133. The van der Waals surface area contributed by atoms with Gasteiger partial charge in [0, 0.05) is 31.5 Å². The number of carbonyl (C=O) groups is 1. The molecule has 1 N–H and O–H groups in total. The van der Waals surface area contributed by atoms with Gasteiger partial charge in [-0.2, -0.15) is 0 Å². The lowest BCUT2D eigenvalue weighted by atomic mass is 10.0. The molecule has 2 aromatic carbocycles. The smallest absolute Gasteiger partial charge is 0.273 e. The van der Waals surface area contributed by atoms with E-state index in [1.807, 2.05) is 42.5 Å². The average Bonchev–Trinajstić information content (AvgIpc) is 2.83. The fourth-order valence-corrected chi connectivity index (χ4v) is 3.46. The Balaban J connectivity index is 1.81. The third-order valence-electron chi connectivity index (χ3n) is 4.73. The van der Waals surface area contributed by atoms with Gasteiger partial charge >= 0.3 is 0 Å². The first-order valence-electron chi connectivity index (χ1n) is 9.86. The fourth-order valence-electron chi connectivity index (χ4n) is 3.23. The first kappa shape index (κ1) is 23.2. The number of oxime groups is 1. The highest BCUT2D eigenvalue weighted by atomic mass is 35.5. The second-order valence-corrected chi connectivity index (χ2v) is 7.14. The molecule has 0 aliphatic carbocycles. The van der Waals surface area contributed by atoms with Gasteiger partial charge in [0.15, 0.2) is 5.71 Å². The molecular formula is C24H24ClN3O4. The molecular weight excluding hydrogens is 430 g/mol. The molecule has 7 nitrogen and oxygen atoms in total. The number of rotatable bonds is 9. The molecule has 0 saturated carbocycles. The maximum absolute atomic E-state index is 12.2. The highest BCUT2D eigenvalue weighted by Crippen LogP contribution is 2.30.